The lowest BCUT2D eigenvalue weighted by Crippen LogP contribution is -1.85. The van der Waals surface area contributed by atoms with E-state index in [4.69, 9.17) is 5.73 Å². The molecule has 0 saturated carbocycles. The molecule has 2 aromatic carbocycles. The number of hydrogen-bond acceptors (Lipinski definition) is 5. The molecular weight excluding hydrogens is 317 g/mol. The number of rotatable bonds is 2. The zero-order valence-electron chi connectivity index (χ0n) is 11.3. The summed E-state index contributed by atoms with van der Waals surface area (Å²) in [6.07, 6.45) is 0. The van der Waals surface area contributed by atoms with E-state index in [9.17, 15) is 4.39 Å². The summed E-state index contributed by atoms with van der Waals surface area (Å²) in [7, 11) is 0. The van der Waals surface area contributed by atoms with E-state index in [2.05, 4.69) is 16.0 Å². The monoisotopic (exact) mass is 327 g/mol. The Balaban J connectivity index is 1.91. The van der Waals surface area contributed by atoms with E-state index < -0.39 is 0 Å². The van der Waals surface area contributed by atoms with Crippen molar-refractivity contribution in [3.8, 4) is 21.7 Å². The third-order valence-electron chi connectivity index (χ3n) is 3.34. The van der Waals surface area contributed by atoms with E-state index in [0.717, 1.165) is 26.2 Å². The van der Waals surface area contributed by atoms with Gasteiger partial charge in [0.15, 0.2) is 5.13 Å². The van der Waals surface area contributed by atoms with Gasteiger partial charge >= 0.3 is 0 Å². The van der Waals surface area contributed by atoms with Crippen molar-refractivity contribution in [1.82, 2.24) is 9.97 Å². The van der Waals surface area contributed by atoms with Crippen molar-refractivity contribution in [2.45, 2.75) is 0 Å². The molecule has 0 aliphatic heterocycles. The second-order valence-electron chi connectivity index (χ2n) is 4.78. The van der Waals surface area contributed by atoms with Crippen molar-refractivity contribution in [3.05, 3.63) is 53.8 Å². The van der Waals surface area contributed by atoms with Crippen LogP contribution in [0.1, 0.15) is 0 Å². The Labute approximate surface area is 133 Å². The molecule has 2 aromatic heterocycles. The second kappa shape index (κ2) is 5.15. The molecule has 0 fully saturated rings. The lowest BCUT2D eigenvalue weighted by molar-refractivity contribution is 0.628. The maximum atomic E-state index is 13.5. The summed E-state index contributed by atoms with van der Waals surface area (Å²) in [4.78, 5) is 9.61. The van der Waals surface area contributed by atoms with Crippen LogP contribution in [0.25, 0.3) is 31.9 Å². The molecule has 0 spiro atoms. The van der Waals surface area contributed by atoms with E-state index in [-0.39, 0.29) is 5.82 Å². The summed E-state index contributed by atoms with van der Waals surface area (Å²) in [6.45, 7) is 0. The first-order valence-corrected chi connectivity index (χ1v) is 8.26. The standard InChI is InChI=1S/C16H10FN3S2/c17-11-3-1-2-9(6-11)14-15(22-16(18)20-14)10-4-5-12-13(7-10)21-8-19-12/h1-8H,(H2,18,20). The molecule has 6 heteroatoms. The second-order valence-corrected chi connectivity index (χ2v) is 6.69. The highest BCUT2D eigenvalue weighted by Gasteiger charge is 2.15. The summed E-state index contributed by atoms with van der Waals surface area (Å²) in [5, 5.41) is 0.471. The van der Waals surface area contributed by atoms with Crippen molar-refractivity contribution in [3.63, 3.8) is 0 Å². The molecule has 0 saturated heterocycles. The molecule has 0 aliphatic rings. The first-order valence-electron chi connectivity index (χ1n) is 6.56. The van der Waals surface area contributed by atoms with Crippen LogP contribution in [0.5, 0.6) is 0 Å². The summed E-state index contributed by atoms with van der Waals surface area (Å²) >= 11 is 3.00. The van der Waals surface area contributed by atoms with Crippen molar-refractivity contribution in [2.75, 3.05) is 5.73 Å². The minimum Gasteiger partial charge on any atom is -0.375 e. The van der Waals surface area contributed by atoms with E-state index in [1.807, 2.05) is 23.7 Å². The maximum absolute atomic E-state index is 13.5. The zero-order valence-corrected chi connectivity index (χ0v) is 12.9. The number of benzene rings is 2. The predicted molar refractivity (Wildman–Crippen MR) is 90.5 cm³/mol. The number of fused-ring (bicyclic) bond motifs is 1. The zero-order chi connectivity index (χ0) is 15.1. The van der Waals surface area contributed by atoms with Gasteiger partial charge in [-0.1, -0.05) is 29.5 Å². The van der Waals surface area contributed by atoms with Gasteiger partial charge in [0, 0.05) is 5.56 Å². The quantitative estimate of drug-likeness (QED) is 0.575. The van der Waals surface area contributed by atoms with Gasteiger partial charge in [-0.2, -0.15) is 0 Å². The minimum absolute atomic E-state index is 0.284. The van der Waals surface area contributed by atoms with Gasteiger partial charge in [0.05, 0.1) is 26.3 Å². The van der Waals surface area contributed by atoms with Crippen LogP contribution in [0, 0.1) is 5.82 Å². The number of anilines is 1. The number of nitrogens with zero attached hydrogens (tertiary/aromatic N) is 2. The molecule has 0 unspecified atom stereocenters. The van der Waals surface area contributed by atoms with Gasteiger partial charge in [-0.15, -0.1) is 11.3 Å². The summed E-state index contributed by atoms with van der Waals surface area (Å²) in [5.74, 6) is -0.284. The SMILES string of the molecule is Nc1nc(-c2cccc(F)c2)c(-c2ccc3ncsc3c2)s1. The molecule has 4 aromatic rings. The van der Waals surface area contributed by atoms with Crippen LogP contribution in [0.3, 0.4) is 0 Å². The van der Waals surface area contributed by atoms with Crippen LogP contribution in [0.15, 0.2) is 48.0 Å². The Morgan fingerprint density at radius 2 is 1.95 bits per heavy atom. The first kappa shape index (κ1) is 13.4. The number of thiazole rings is 2. The average Bonchev–Trinajstić information content (AvgIpc) is 3.12. The number of halogens is 1. The molecule has 0 atom stereocenters. The highest BCUT2D eigenvalue weighted by molar-refractivity contribution is 7.19. The Morgan fingerprint density at radius 1 is 1.05 bits per heavy atom. The van der Waals surface area contributed by atoms with E-state index >= 15 is 0 Å². The smallest absolute Gasteiger partial charge is 0.181 e. The summed E-state index contributed by atoms with van der Waals surface area (Å²) in [6, 6.07) is 12.5. The Morgan fingerprint density at radius 3 is 2.82 bits per heavy atom. The molecule has 108 valence electrons. The van der Waals surface area contributed by atoms with Crippen molar-refractivity contribution >= 4 is 38.0 Å². The molecule has 2 heterocycles. The average molecular weight is 327 g/mol. The lowest BCUT2D eigenvalue weighted by Gasteiger charge is -2.03. The van der Waals surface area contributed by atoms with Gasteiger partial charge < -0.3 is 5.73 Å². The van der Waals surface area contributed by atoms with E-state index in [1.165, 1.54) is 23.5 Å². The third-order valence-corrected chi connectivity index (χ3v) is 5.06. The van der Waals surface area contributed by atoms with Crippen molar-refractivity contribution < 1.29 is 4.39 Å². The van der Waals surface area contributed by atoms with Gasteiger partial charge in [-0.05, 0) is 29.8 Å². The van der Waals surface area contributed by atoms with Crippen LogP contribution >= 0.6 is 22.7 Å². The predicted octanol–water partition coefficient (Wildman–Crippen LogP) is 4.81. The molecule has 4 rings (SSSR count). The lowest BCUT2D eigenvalue weighted by atomic mass is 10.1. The third kappa shape index (κ3) is 2.26. The maximum Gasteiger partial charge on any atom is 0.181 e. The van der Waals surface area contributed by atoms with Gasteiger partial charge in [-0.25, -0.2) is 14.4 Å². The van der Waals surface area contributed by atoms with E-state index in [0.29, 0.717) is 10.8 Å². The fourth-order valence-corrected chi connectivity index (χ4v) is 3.93. The number of hydrogen-bond donors (Lipinski definition) is 1. The molecule has 0 aliphatic carbocycles. The Bertz CT molecular complexity index is 974. The van der Waals surface area contributed by atoms with Gasteiger partial charge in [0.25, 0.3) is 0 Å². The molecule has 0 amide bonds. The number of nitrogen functional groups attached to an aromatic ring is 1. The van der Waals surface area contributed by atoms with Gasteiger partial charge in [0.2, 0.25) is 0 Å². The van der Waals surface area contributed by atoms with Crippen LogP contribution in [-0.4, -0.2) is 9.97 Å². The fourth-order valence-electron chi connectivity index (χ4n) is 2.36. The Hall–Kier alpha value is -2.31. The van der Waals surface area contributed by atoms with Crippen molar-refractivity contribution in [2.24, 2.45) is 0 Å². The van der Waals surface area contributed by atoms with Gasteiger partial charge in [0.1, 0.15) is 5.82 Å². The topological polar surface area (TPSA) is 51.8 Å². The van der Waals surface area contributed by atoms with Crippen LogP contribution < -0.4 is 5.73 Å². The van der Waals surface area contributed by atoms with Crippen LogP contribution in [0.2, 0.25) is 0 Å². The molecule has 22 heavy (non-hydrogen) atoms. The first-order chi connectivity index (χ1) is 10.7. The minimum atomic E-state index is -0.284. The highest BCUT2D eigenvalue weighted by Crippen LogP contribution is 2.39. The molecule has 3 nitrogen and oxygen atoms in total. The van der Waals surface area contributed by atoms with Crippen molar-refractivity contribution in [1.29, 1.82) is 0 Å². The molecular formula is C16H10FN3S2. The summed E-state index contributed by atoms with van der Waals surface area (Å²) in [5.41, 5.74) is 11.1. The van der Waals surface area contributed by atoms with Crippen LogP contribution in [-0.2, 0) is 0 Å². The summed E-state index contributed by atoms with van der Waals surface area (Å²) < 4.78 is 14.6. The molecule has 0 radical (unpaired) electrons. The Kier molecular flexibility index (Phi) is 3.13. The van der Waals surface area contributed by atoms with Gasteiger partial charge in [-0.3, -0.25) is 0 Å². The fraction of sp³-hybridized carbons (Fsp3) is 0. The largest absolute Gasteiger partial charge is 0.375 e. The molecule has 2 N–H and O–H groups in total. The van der Waals surface area contributed by atoms with E-state index in [1.54, 1.807) is 17.4 Å². The number of aromatic nitrogens is 2. The number of nitrogens with two attached hydrogens (primary N) is 1. The normalized spacial score (nSPS) is 11.1. The van der Waals surface area contributed by atoms with Crippen LogP contribution in [0.4, 0.5) is 9.52 Å². The highest BCUT2D eigenvalue weighted by atomic mass is 32.1. The molecule has 0 bridgehead atoms.